The maximum atomic E-state index is 12.4. The molecule has 0 aliphatic carbocycles. The van der Waals surface area contributed by atoms with Crippen LogP contribution in [0.4, 0.5) is 11.4 Å². The Kier molecular flexibility index (Phi) is 6.77. The molecule has 1 N–H and O–H groups in total. The van der Waals surface area contributed by atoms with Crippen molar-refractivity contribution in [3.05, 3.63) is 73.9 Å². The summed E-state index contributed by atoms with van der Waals surface area (Å²) >= 11 is 8.70. The average Bonchev–Trinajstić information content (AvgIpc) is 3.36. The average molecular weight is 500 g/mol. The van der Waals surface area contributed by atoms with Gasteiger partial charge in [-0.2, -0.15) is 0 Å². The molecule has 0 saturated heterocycles. The number of aromatic nitrogens is 3. The van der Waals surface area contributed by atoms with E-state index in [0.717, 1.165) is 22.5 Å². The van der Waals surface area contributed by atoms with Gasteiger partial charge in [0.25, 0.3) is 5.69 Å². The number of halogens is 1. The third-order valence-electron chi connectivity index (χ3n) is 4.87. The van der Waals surface area contributed by atoms with E-state index in [1.165, 1.54) is 34.8 Å². The summed E-state index contributed by atoms with van der Waals surface area (Å²) in [7, 11) is 1.86. The fourth-order valence-corrected chi connectivity index (χ4v) is 5.08. The number of nitro groups is 1. The van der Waals surface area contributed by atoms with Gasteiger partial charge in [-0.3, -0.25) is 14.9 Å². The Hall–Kier alpha value is -3.21. The van der Waals surface area contributed by atoms with Crippen molar-refractivity contribution in [2.24, 2.45) is 7.05 Å². The lowest BCUT2D eigenvalue weighted by molar-refractivity contribution is -0.384. The van der Waals surface area contributed by atoms with E-state index in [9.17, 15) is 14.9 Å². The maximum Gasteiger partial charge on any atom is 0.289 e. The minimum absolute atomic E-state index is 0.0116. The number of benzene rings is 2. The summed E-state index contributed by atoms with van der Waals surface area (Å²) in [5.74, 6) is 0.461. The zero-order valence-electron chi connectivity index (χ0n) is 17.6. The standard InChI is InChI=1S/C22H18ClN5O3S2/c1-13-20(14-6-4-3-5-7-14)16(11-32-13)21-25-26-22(27(21)2)33-12-19(29)24-15-8-9-17(23)18(10-15)28(30)31/h3-11H,12H2,1-2H3,(H,24,29). The van der Waals surface area contributed by atoms with E-state index < -0.39 is 4.92 Å². The van der Waals surface area contributed by atoms with Crippen LogP contribution in [0.15, 0.2) is 59.1 Å². The van der Waals surface area contributed by atoms with Gasteiger partial charge in [-0.15, -0.1) is 21.5 Å². The number of rotatable bonds is 7. The summed E-state index contributed by atoms with van der Waals surface area (Å²) in [5, 5.41) is 25.0. The Balaban J connectivity index is 1.48. The van der Waals surface area contributed by atoms with E-state index in [4.69, 9.17) is 11.6 Å². The van der Waals surface area contributed by atoms with Crippen molar-refractivity contribution in [1.82, 2.24) is 14.8 Å². The Morgan fingerprint density at radius 3 is 2.73 bits per heavy atom. The molecule has 11 heteroatoms. The number of carbonyl (C=O) groups is 1. The number of nitrogens with one attached hydrogen (secondary N) is 1. The summed E-state index contributed by atoms with van der Waals surface area (Å²) in [6.45, 7) is 2.08. The van der Waals surface area contributed by atoms with Crippen molar-refractivity contribution in [3.63, 3.8) is 0 Å². The summed E-state index contributed by atoms with van der Waals surface area (Å²) in [6, 6.07) is 14.2. The molecule has 2 aromatic heterocycles. The van der Waals surface area contributed by atoms with Crippen molar-refractivity contribution in [2.75, 3.05) is 11.1 Å². The monoisotopic (exact) mass is 499 g/mol. The van der Waals surface area contributed by atoms with Crippen molar-refractivity contribution in [1.29, 1.82) is 0 Å². The molecule has 0 saturated carbocycles. The molecule has 8 nitrogen and oxygen atoms in total. The molecule has 0 radical (unpaired) electrons. The first-order chi connectivity index (χ1) is 15.8. The third kappa shape index (κ3) is 4.92. The lowest BCUT2D eigenvalue weighted by atomic mass is 10.0. The molecule has 0 unspecified atom stereocenters. The second kappa shape index (κ2) is 9.74. The van der Waals surface area contributed by atoms with Crippen LogP contribution in [0.25, 0.3) is 22.5 Å². The molecule has 1 amide bonds. The molecule has 4 aromatic rings. The van der Waals surface area contributed by atoms with Crippen LogP contribution < -0.4 is 5.32 Å². The van der Waals surface area contributed by atoms with Crippen LogP contribution in [-0.2, 0) is 11.8 Å². The Bertz CT molecular complexity index is 1340. The van der Waals surface area contributed by atoms with Crippen molar-refractivity contribution >= 4 is 52.0 Å². The van der Waals surface area contributed by atoms with Gasteiger partial charge in [0.1, 0.15) is 5.02 Å². The number of nitrogens with zero attached hydrogens (tertiary/aromatic N) is 4. The maximum absolute atomic E-state index is 12.4. The second-order valence-corrected chi connectivity index (χ2v) is 9.51. The number of anilines is 1. The van der Waals surface area contributed by atoms with E-state index >= 15 is 0 Å². The number of nitro benzene ring substituents is 1. The molecule has 33 heavy (non-hydrogen) atoms. The van der Waals surface area contributed by atoms with Crippen LogP contribution in [0.5, 0.6) is 0 Å². The smallest absolute Gasteiger partial charge is 0.289 e. The van der Waals surface area contributed by atoms with Gasteiger partial charge in [-0.1, -0.05) is 53.7 Å². The predicted molar refractivity (Wildman–Crippen MR) is 132 cm³/mol. The predicted octanol–water partition coefficient (Wildman–Crippen LogP) is 5.81. The molecule has 0 bridgehead atoms. The van der Waals surface area contributed by atoms with Crippen LogP contribution in [-0.4, -0.2) is 31.3 Å². The Morgan fingerprint density at radius 2 is 2.00 bits per heavy atom. The van der Waals surface area contributed by atoms with Gasteiger partial charge in [0.05, 0.1) is 10.7 Å². The second-order valence-electron chi connectivity index (χ2n) is 7.07. The van der Waals surface area contributed by atoms with Gasteiger partial charge >= 0.3 is 0 Å². The van der Waals surface area contributed by atoms with E-state index in [1.807, 2.05) is 29.8 Å². The van der Waals surface area contributed by atoms with Gasteiger partial charge in [-0.25, -0.2) is 0 Å². The zero-order valence-corrected chi connectivity index (χ0v) is 20.0. The number of aryl methyl sites for hydroxylation is 1. The minimum atomic E-state index is -0.594. The number of thiophene rings is 1. The molecule has 0 fully saturated rings. The first kappa shape index (κ1) is 23.0. The minimum Gasteiger partial charge on any atom is -0.325 e. The topological polar surface area (TPSA) is 103 Å². The normalized spacial score (nSPS) is 10.9. The third-order valence-corrected chi connectivity index (χ3v) is 7.12. The van der Waals surface area contributed by atoms with Crippen LogP contribution in [0.1, 0.15) is 4.88 Å². The number of thioether (sulfide) groups is 1. The fraction of sp³-hybridized carbons (Fsp3) is 0.136. The van der Waals surface area contributed by atoms with Gasteiger partial charge in [0, 0.05) is 40.2 Å². The van der Waals surface area contributed by atoms with Crippen LogP contribution >= 0.6 is 34.7 Å². The summed E-state index contributed by atoms with van der Waals surface area (Å²) in [5.41, 5.74) is 3.26. The molecule has 168 valence electrons. The lowest BCUT2D eigenvalue weighted by Crippen LogP contribution is -2.14. The van der Waals surface area contributed by atoms with E-state index in [1.54, 1.807) is 11.3 Å². The molecule has 2 heterocycles. The molecule has 0 spiro atoms. The van der Waals surface area contributed by atoms with Gasteiger partial charge in [-0.05, 0) is 24.6 Å². The first-order valence-electron chi connectivity index (χ1n) is 9.75. The highest BCUT2D eigenvalue weighted by atomic mass is 35.5. The SMILES string of the molecule is Cc1scc(-c2nnc(SCC(=O)Nc3ccc(Cl)c([N+](=O)[O-])c3)n2C)c1-c1ccccc1. The number of amides is 1. The number of carbonyl (C=O) groups excluding carboxylic acids is 1. The largest absolute Gasteiger partial charge is 0.325 e. The summed E-state index contributed by atoms with van der Waals surface area (Å²) < 4.78 is 1.86. The van der Waals surface area contributed by atoms with Crippen molar-refractivity contribution in [3.8, 4) is 22.5 Å². The molecular weight excluding hydrogens is 482 g/mol. The van der Waals surface area contributed by atoms with Gasteiger partial charge in [0.15, 0.2) is 11.0 Å². The lowest BCUT2D eigenvalue weighted by Gasteiger charge is -2.08. The molecule has 0 aliphatic rings. The van der Waals surface area contributed by atoms with Crippen molar-refractivity contribution < 1.29 is 9.72 Å². The Morgan fingerprint density at radius 1 is 1.24 bits per heavy atom. The quantitative estimate of drug-likeness (QED) is 0.195. The zero-order chi connectivity index (χ0) is 23.5. The van der Waals surface area contributed by atoms with E-state index in [-0.39, 0.29) is 22.4 Å². The van der Waals surface area contributed by atoms with E-state index in [2.05, 4.69) is 40.0 Å². The van der Waals surface area contributed by atoms with Gasteiger partial charge < -0.3 is 9.88 Å². The Labute approximate surface area is 202 Å². The highest BCUT2D eigenvalue weighted by Gasteiger charge is 2.20. The number of hydrogen-bond acceptors (Lipinski definition) is 7. The van der Waals surface area contributed by atoms with Crippen LogP contribution in [0.2, 0.25) is 5.02 Å². The summed E-state index contributed by atoms with van der Waals surface area (Å²) in [6.07, 6.45) is 0. The summed E-state index contributed by atoms with van der Waals surface area (Å²) in [4.78, 5) is 24.0. The molecule has 4 rings (SSSR count). The highest BCUT2D eigenvalue weighted by molar-refractivity contribution is 7.99. The molecule has 0 aliphatic heterocycles. The van der Waals surface area contributed by atoms with Crippen molar-refractivity contribution in [2.45, 2.75) is 12.1 Å². The molecule has 0 atom stereocenters. The first-order valence-corrected chi connectivity index (χ1v) is 12.0. The van der Waals surface area contributed by atoms with Crippen LogP contribution in [0, 0.1) is 17.0 Å². The fourth-order valence-electron chi connectivity index (χ4n) is 3.32. The van der Waals surface area contributed by atoms with E-state index in [0.29, 0.717) is 10.8 Å². The number of hydrogen-bond donors (Lipinski definition) is 1. The molecular formula is C22H18ClN5O3S2. The molecule has 2 aromatic carbocycles. The van der Waals surface area contributed by atoms with Crippen LogP contribution in [0.3, 0.4) is 0 Å². The van der Waals surface area contributed by atoms with Gasteiger partial charge in [0.2, 0.25) is 5.91 Å². The highest BCUT2D eigenvalue weighted by Crippen LogP contribution is 2.38.